The minimum Gasteiger partial charge on any atom is -0.481 e. The van der Waals surface area contributed by atoms with Gasteiger partial charge in [-0.15, -0.1) is 0 Å². The van der Waals surface area contributed by atoms with Gasteiger partial charge < -0.3 is 10.0 Å². The second-order valence-corrected chi connectivity index (χ2v) is 4.76. The minimum atomic E-state index is -0.732. The van der Waals surface area contributed by atoms with E-state index in [-0.39, 0.29) is 0 Å². The molecule has 0 amide bonds. The zero-order chi connectivity index (χ0) is 12.5. The monoisotopic (exact) mass is 235 g/mol. The van der Waals surface area contributed by atoms with Crippen LogP contribution in [0.1, 0.15) is 26.0 Å². The molecule has 0 aromatic carbocycles. The molecule has 0 saturated carbocycles. The van der Waals surface area contributed by atoms with Crippen molar-refractivity contribution in [2.45, 2.75) is 26.7 Å². The molecule has 1 atom stereocenters. The van der Waals surface area contributed by atoms with Gasteiger partial charge >= 0.3 is 5.97 Å². The van der Waals surface area contributed by atoms with Crippen molar-refractivity contribution in [1.82, 2.24) is 9.97 Å². The van der Waals surface area contributed by atoms with Crippen LogP contribution in [0.4, 0.5) is 5.82 Å². The van der Waals surface area contributed by atoms with Crippen LogP contribution in [0.2, 0.25) is 0 Å². The van der Waals surface area contributed by atoms with Gasteiger partial charge in [0.25, 0.3) is 0 Å². The molecular formula is C12H17N3O2. The standard InChI is InChI=1S/C12H17N3O2/c1-3-9-6-10(14-8-13-9)15-5-4-12(2,7-15)11(16)17/h6,8H,3-5,7H2,1-2H3,(H,16,17). The Kier molecular flexibility index (Phi) is 3.00. The normalized spacial score (nSPS) is 24.0. The van der Waals surface area contributed by atoms with Gasteiger partial charge in [-0.3, -0.25) is 4.79 Å². The molecule has 5 nitrogen and oxygen atoms in total. The summed E-state index contributed by atoms with van der Waals surface area (Å²) in [5, 5.41) is 9.18. The van der Waals surface area contributed by atoms with Gasteiger partial charge in [-0.1, -0.05) is 6.92 Å². The largest absolute Gasteiger partial charge is 0.481 e. The molecule has 1 aliphatic rings. The van der Waals surface area contributed by atoms with E-state index in [0.717, 1.165) is 24.5 Å². The number of nitrogens with zero attached hydrogens (tertiary/aromatic N) is 3. The molecule has 17 heavy (non-hydrogen) atoms. The van der Waals surface area contributed by atoms with E-state index in [1.54, 1.807) is 13.3 Å². The molecule has 0 radical (unpaired) electrons. The number of rotatable bonds is 3. The molecule has 1 saturated heterocycles. The number of aryl methyl sites for hydroxylation is 1. The average Bonchev–Trinajstić information content (AvgIpc) is 2.74. The first-order valence-corrected chi connectivity index (χ1v) is 5.84. The van der Waals surface area contributed by atoms with Crippen molar-refractivity contribution >= 4 is 11.8 Å². The lowest BCUT2D eigenvalue weighted by Crippen LogP contribution is -2.32. The summed E-state index contributed by atoms with van der Waals surface area (Å²) in [4.78, 5) is 21.5. The molecule has 5 heteroatoms. The van der Waals surface area contributed by atoms with Crippen LogP contribution in [0.25, 0.3) is 0 Å². The Morgan fingerprint density at radius 2 is 2.35 bits per heavy atom. The summed E-state index contributed by atoms with van der Waals surface area (Å²) in [7, 11) is 0. The first-order valence-electron chi connectivity index (χ1n) is 5.84. The van der Waals surface area contributed by atoms with E-state index in [0.29, 0.717) is 13.0 Å². The lowest BCUT2D eigenvalue weighted by Gasteiger charge is -2.20. The molecule has 1 N–H and O–H groups in total. The fourth-order valence-electron chi connectivity index (χ4n) is 2.08. The third kappa shape index (κ3) is 2.23. The topological polar surface area (TPSA) is 66.3 Å². The zero-order valence-electron chi connectivity index (χ0n) is 10.2. The summed E-state index contributed by atoms with van der Waals surface area (Å²) < 4.78 is 0. The highest BCUT2D eigenvalue weighted by atomic mass is 16.4. The van der Waals surface area contributed by atoms with Gasteiger partial charge in [0.15, 0.2) is 0 Å². The number of anilines is 1. The predicted molar refractivity (Wildman–Crippen MR) is 64.0 cm³/mol. The maximum Gasteiger partial charge on any atom is 0.311 e. The molecule has 0 bridgehead atoms. The van der Waals surface area contributed by atoms with Crippen molar-refractivity contribution < 1.29 is 9.90 Å². The van der Waals surface area contributed by atoms with Gasteiger partial charge in [0.1, 0.15) is 12.1 Å². The predicted octanol–water partition coefficient (Wildman–Crippen LogP) is 1.34. The van der Waals surface area contributed by atoms with Crippen molar-refractivity contribution in [3.8, 4) is 0 Å². The molecular weight excluding hydrogens is 218 g/mol. The Hall–Kier alpha value is -1.65. The Bertz CT molecular complexity index is 436. The van der Waals surface area contributed by atoms with Crippen LogP contribution >= 0.6 is 0 Å². The molecule has 2 rings (SSSR count). The van der Waals surface area contributed by atoms with Crippen LogP contribution < -0.4 is 4.90 Å². The van der Waals surface area contributed by atoms with E-state index in [9.17, 15) is 9.90 Å². The smallest absolute Gasteiger partial charge is 0.311 e. The van der Waals surface area contributed by atoms with E-state index in [1.807, 2.05) is 17.9 Å². The Labute approximate surface area is 100 Å². The molecule has 2 heterocycles. The van der Waals surface area contributed by atoms with Gasteiger partial charge in [-0.25, -0.2) is 9.97 Å². The van der Waals surface area contributed by atoms with E-state index < -0.39 is 11.4 Å². The number of hydrogen-bond donors (Lipinski definition) is 1. The number of carboxylic acid groups (broad SMARTS) is 1. The molecule has 92 valence electrons. The molecule has 0 spiro atoms. The minimum absolute atomic E-state index is 0.516. The fourth-order valence-corrected chi connectivity index (χ4v) is 2.08. The molecule has 0 aliphatic carbocycles. The third-order valence-corrected chi connectivity index (χ3v) is 3.39. The third-order valence-electron chi connectivity index (χ3n) is 3.39. The molecule has 1 unspecified atom stereocenters. The lowest BCUT2D eigenvalue weighted by molar-refractivity contribution is -0.146. The van der Waals surface area contributed by atoms with Gasteiger partial charge in [0.2, 0.25) is 0 Å². The van der Waals surface area contributed by atoms with E-state index in [1.165, 1.54) is 0 Å². The highest BCUT2D eigenvalue weighted by Crippen LogP contribution is 2.32. The van der Waals surface area contributed by atoms with Crippen molar-refractivity contribution in [3.05, 3.63) is 18.1 Å². The maximum atomic E-state index is 11.2. The number of hydrogen-bond acceptors (Lipinski definition) is 4. The number of aromatic nitrogens is 2. The molecule has 1 aliphatic heterocycles. The summed E-state index contributed by atoms with van der Waals surface area (Å²) in [6, 6.07) is 1.94. The zero-order valence-corrected chi connectivity index (χ0v) is 10.2. The summed E-state index contributed by atoms with van der Waals surface area (Å²) in [6.07, 6.45) is 3.07. The van der Waals surface area contributed by atoms with Crippen LogP contribution in [0.5, 0.6) is 0 Å². The van der Waals surface area contributed by atoms with Crippen LogP contribution in [0.15, 0.2) is 12.4 Å². The van der Waals surface area contributed by atoms with Gasteiger partial charge in [-0.2, -0.15) is 0 Å². The molecule has 1 fully saturated rings. The summed E-state index contributed by atoms with van der Waals surface area (Å²) in [5.74, 6) is 0.103. The van der Waals surface area contributed by atoms with Crippen LogP contribution in [-0.4, -0.2) is 34.1 Å². The van der Waals surface area contributed by atoms with Crippen LogP contribution in [0, 0.1) is 5.41 Å². The lowest BCUT2D eigenvalue weighted by atomic mass is 9.90. The average molecular weight is 235 g/mol. The second kappa shape index (κ2) is 4.31. The van der Waals surface area contributed by atoms with Crippen molar-refractivity contribution in [3.63, 3.8) is 0 Å². The highest BCUT2D eigenvalue weighted by Gasteiger charge is 2.40. The first-order chi connectivity index (χ1) is 8.05. The quantitative estimate of drug-likeness (QED) is 0.856. The summed E-state index contributed by atoms with van der Waals surface area (Å²) in [5.41, 5.74) is 0.330. The highest BCUT2D eigenvalue weighted by molar-refractivity contribution is 5.76. The fraction of sp³-hybridized carbons (Fsp3) is 0.583. The second-order valence-electron chi connectivity index (χ2n) is 4.76. The van der Waals surface area contributed by atoms with Crippen molar-refractivity contribution in [2.75, 3.05) is 18.0 Å². The van der Waals surface area contributed by atoms with Crippen molar-refractivity contribution in [2.24, 2.45) is 5.41 Å². The first kappa shape index (κ1) is 11.8. The molecule has 1 aromatic heterocycles. The molecule has 1 aromatic rings. The Morgan fingerprint density at radius 3 is 2.94 bits per heavy atom. The van der Waals surface area contributed by atoms with Gasteiger partial charge in [0, 0.05) is 24.8 Å². The number of aliphatic carboxylic acids is 1. The SMILES string of the molecule is CCc1cc(N2CCC(C)(C(=O)O)C2)ncn1. The van der Waals surface area contributed by atoms with Gasteiger partial charge in [-0.05, 0) is 19.8 Å². The van der Waals surface area contributed by atoms with E-state index in [2.05, 4.69) is 9.97 Å². The Morgan fingerprint density at radius 1 is 1.59 bits per heavy atom. The summed E-state index contributed by atoms with van der Waals surface area (Å²) >= 11 is 0. The van der Waals surface area contributed by atoms with E-state index in [4.69, 9.17) is 0 Å². The number of carbonyl (C=O) groups is 1. The Balaban J connectivity index is 2.17. The maximum absolute atomic E-state index is 11.2. The number of carboxylic acids is 1. The van der Waals surface area contributed by atoms with E-state index >= 15 is 0 Å². The summed E-state index contributed by atoms with van der Waals surface area (Å²) in [6.45, 7) is 5.08. The van der Waals surface area contributed by atoms with Gasteiger partial charge in [0.05, 0.1) is 5.41 Å². The van der Waals surface area contributed by atoms with Crippen molar-refractivity contribution in [1.29, 1.82) is 0 Å². The van der Waals surface area contributed by atoms with Crippen LogP contribution in [0.3, 0.4) is 0 Å². The van der Waals surface area contributed by atoms with Crippen LogP contribution in [-0.2, 0) is 11.2 Å².